The van der Waals surface area contributed by atoms with Gasteiger partial charge in [-0.15, -0.1) is 0 Å². The molecule has 12 aromatic carbocycles. The third kappa shape index (κ3) is 8.36. The molecule has 0 unspecified atom stereocenters. The number of aromatic nitrogens is 3. The summed E-state index contributed by atoms with van der Waals surface area (Å²) in [6, 6.07) is 92.6. The number of benzene rings is 12. The molecule has 93 heavy (non-hydrogen) atoms. The number of para-hydroxylation sites is 3. The van der Waals surface area contributed by atoms with Crippen LogP contribution in [0.3, 0.4) is 0 Å². The molecule has 8 heteroatoms. The molecule has 0 saturated heterocycles. The van der Waals surface area contributed by atoms with Crippen LogP contribution in [-0.4, -0.2) is 35.4 Å². The van der Waals surface area contributed by atoms with E-state index in [1.807, 2.05) is 17.4 Å². The molecular weight excluding hydrogens is 1210 g/mol. The van der Waals surface area contributed by atoms with Gasteiger partial charge in [0.1, 0.15) is 0 Å². The molecule has 16 aromatic rings. The first-order chi connectivity index (χ1) is 45.0. The van der Waals surface area contributed by atoms with E-state index in [4.69, 9.17) is 0 Å². The van der Waals surface area contributed by atoms with Crippen molar-refractivity contribution in [1.29, 1.82) is 5.26 Å². The van der Waals surface area contributed by atoms with Gasteiger partial charge in [0.2, 0.25) is 0 Å². The SMILES string of the molecule is CC(C)(C)c1ccc2c(c1)c1cc(C#N)ccc1n2-c1ccc2c(c1)[Se]c1cc(-n3c4ccccc4c4ccccc43)cc3c1B2c1c(cc(-n2c4ccc(C(C)(C)C)cc4c4cc(C(C)(C)C)ccc42)c2c1sc1ccccc12)N3c1ccccc1-c1ccccc1. The van der Waals surface area contributed by atoms with Gasteiger partial charge >= 0.3 is 504 Å². The van der Waals surface area contributed by atoms with E-state index in [0.29, 0.717) is 5.56 Å². The van der Waals surface area contributed by atoms with Crippen LogP contribution < -0.4 is 30.2 Å². The summed E-state index contributed by atoms with van der Waals surface area (Å²) in [6.07, 6.45) is 0. The van der Waals surface area contributed by atoms with Crippen LogP contribution in [0.2, 0.25) is 0 Å². The van der Waals surface area contributed by atoms with E-state index >= 15 is 0 Å². The van der Waals surface area contributed by atoms with Crippen molar-refractivity contribution >= 4 is 161 Å². The van der Waals surface area contributed by atoms with Crippen molar-refractivity contribution in [1.82, 2.24) is 13.7 Å². The fraction of sp³-hybridized carbons (Fsp3) is 0.141. The Morgan fingerprint density at radius 3 is 1.52 bits per heavy atom. The molecule has 4 aromatic heterocycles. The summed E-state index contributed by atoms with van der Waals surface area (Å²) >= 11 is 1.80. The first kappa shape index (κ1) is 55.9. The monoisotopic (exact) mass is 1280 g/mol. The molecule has 18 rings (SSSR count). The summed E-state index contributed by atoms with van der Waals surface area (Å²) in [6.45, 7) is 20.7. The minimum absolute atomic E-state index is 0.0517. The molecule has 5 nitrogen and oxygen atoms in total. The predicted octanol–water partition coefficient (Wildman–Crippen LogP) is 19.0. The Morgan fingerprint density at radius 1 is 0.387 bits per heavy atom. The van der Waals surface area contributed by atoms with Crippen LogP contribution in [0.1, 0.15) is 84.6 Å². The molecule has 0 N–H and O–H groups in total. The molecule has 0 atom stereocenters. The second-order valence-corrected chi connectivity index (χ2v) is 32.1. The van der Waals surface area contributed by atoms with Gasteiger partial charge in [-0.2, -0.15) is 0 Å². The van der Waals surface area contributed by atoms with Crippen LogP contribution in [0.4, 0.5) is 17.1 Å². The van der Waals surface area contributed by atoms with Crippen molar-refractivity contribution in [2.75, 3.05) is 4.90 Å². The van der Waals surface area contributed by atoms with Gasteiger partial charge in [0, 0.05) is 0 Å². The topological polar surface area (TPSA) is 41.8 Å². The normalized spacial score (nSPS) is 13.3. The Labute approximate surface area is 552 Å². The van der Waals surface area contributed by atoms with Gasteiger partial charge in [0.05, 0.1) is 0 Å². The van der Waals surface area contributed by atoms with Crippen molar-refractivity contribution < 1.29 is 0 Å². The van der Waals surface area contributed by atoms with Crippen LogP contribution in [0.15, 0.2) is 237 Å². The summed E-state index contributed by atoms with van der Waals surface area (Å²) in [5.74, 6) is 0. The third-order valence-corrected chi connectivity index (χ3v) is 23.7. The van der Waals surface area contributed by atoms with E-state index in [0.717, 1.165) is 38.9 Å². The number of thiophene rings is 1. The maximum absolute atomic E-state index is 10.3. The van der Waals surface area contributed by atoms with Gasteiger partial charge in [-0.3, -0.25) is 0 Å². The average Bonchev–Trinajstić information content (AvgIpc) is 1.66. The van der Waals surface area contributed by atoms with Crippen molar-refractivity contribution in [3.05, 3.63) is 259 Å². The molecule has 6 heterocycles. The zero-order valence-electron chi connectivity index (χ0n) is 53.6. The molecule has 0 radical (unpaired) electrons. The molecule has 0 amide bonds. The van der Waals surface area contributed by atoms with Crippen LogP contribution in [0.25, 0.3) is 114 Å². The first-order valence-electron chi connectivity index (χ1n) is 32.5. The number of hydrogen-bond donors (Lipinski definition) is 0. The number of nitriles is 1. The summed E-state index contributed by atoms with van der Waals surface area (Å²) < 4.78 is 12.9. The van der Waals surface area contributed by atoms with Gasteiger partial charge < -0.3 is 0 Å². The van der Waals surface area contributed by atoms with Crippen molar-refractivity contribution in [3.8, 4) is 34.3 Å². The Morgan fingerprint density at radius 2 is 0.892 bits per heavy atom. The van der Waals surface area contributed by atoms with E-state index in [9.17, 15) is 5.26 Å². The van der Waals surface area contributed by atoms with Gasteiger partial charge in [0.25, 0.3) is 0 Å². The first-order valence-corrected chi connectivity index (χ1v) is 35.0. The predicted molar refractivity (Wildman–Crippen MR) is 399 cm³/mol. The molecule has 0 aliphatic carbocycles. The molecule has 0 spiro atoms. The summed E-state index contributed by atoms with van der Waals surface area (Å²) in [4.78, 5) is 2.69. The Hall–Kier alpha value is -9.87. The minimum atomic E-state index is -0.158. The standard InChI is InChI=1S/C85H66BN5SSe/c1-83(2,3)52-32-38-70-62(42-52)61-41-50(49-87)31-37-69(61)88(70)55-35-36-65-77(46-55)93-78-47-56(89-67-28-18-14-24-58(67)59-25-15-19-29-68(59)89)45-74-80(78)86(65)81-75(91(74)66-27-17-13-23-57(66)51-21-11-10-12-22-51)48-73(79-60-26-16-20-30-76(60)92-82(79)81)90-71-39-33-53(84(4,5)6)43-63(71)64-44-54(85(7,8)9)34-40-72(64)90/h10-48H,1-9H3. The van der Waals surface area contributed by atoms with Crippen LogP contribution in [-0.2, 0) is 16.2 Å². The second-order valence-electron chi connectivity index (χ2n) is 28.8. The van der Waals surface area contributed by atoms with Crippen molar-refractivity contribution in [2.45, 2.75) is 78.6 Å². The van der Waals surface area contributed by atoms with E-state index in [1.54, 1.807) is 0 Å². The molecule has 0 saturated carbocycles. The molecule has 0 bridgehead atoms. The van der Waals surface area contributed by atoms with E-state index in [2.05, 4.69) is 318 Å². The Bertz CT molecular complexity index is 5820. The Balaban J connectivity index is 0.992. The third-order valence-electron chi connectivity index (χ3n) is 20.2. The molecule has 0 fully saturated rings. The molecule has 446 valence electrons. The molecule has 2 aliphatic rings. The second kappa shape index (κ2) is 20.1. The number of anilines is 3. The van der Waals surface area contributed by atoms with E-state index in [-0.39, 0.29) is 37.9 Å². The summed E-state index contributed by atoms with van der Waals surface area (Å²) in [5, 5.41) is 20.2. The van der Waals surface area contributed by atoms with Gasteiger partial charge in [-0.25, -0.2) is 0 Å². The number of fused-ring (bicyclic) bond motifs is 17. The number of rotatable bonds is 5. The fourth-order valence-corrected chi connectivity index (χ4v) is 19.4. The maximum atomic E-state index is 10.3. The van der Waals surface area contributed by atoms with E-state index < -0.39 is 0 Å². The Kier molecular flexibility index (Phi) is 12.1. The van der Waals surface area contributed by atoms with Crippen molar-refractivity contribution in [3.63, 3.8) is 0 Å². The van der Waals surface area contributed by atoms with E-state index in [1.165, 1.54) is 134 Å². The van der Waals surface area contributed by atoms with Gasteiger partial charge in [0.15, 0.2) is 0 Å². The zero-order valence-corrected chi connectivity index (χ0v) is 56.2. The molecular formula is C85H66BN5SSe. The van der Waals surface area contributed by atoms with Gasteiger partial charge in [-0.05, 0) is 10.8 Å². The van der Waals surface area contributed by atoms with Crippen LogP contribution in [0, 0.1) is 11.3 Å². The fourth-order valence-electron chi connectivity index (χ4n) is 15.5. The number of hydrogen-bond acceptors (Lipinski definition) is 3. The van der Waals surface area contributed by atoms with Crippen molar-refractivity contribution in [2.24, 2.45) is 0 Å². The zero-order chi connectivity index (χ0) is 63.1. The van der Waals surface area contributed by atoms with Gasteiger partial charge in [-0.1, -0.05) is 41.5 Å². The average molecular weight is 1280 g/mol. The summed E-state index contributed by atoms with van der Waals surface area (Å²) in [5.41, 5.74) is 24.8. The van der Waals surface area contributed by atoms with Crippen LogP contribution in [0.5, 0.6) is 0 Å². The molecule has 2 aliphatic heterocycles. The quantitative estimate of drug-likeness (QED) is 0.161. The van der Waals surface area contributed by atoms with Crippen LogP contribution >= 0.6 is 11.3 Å². The summed E-state index contributed by atoms with van der Waals surface area (Å²) in [7, 11) is 0. The number of nitrogens with zero attached hydrogens (tertiary/aromatic N) is 5.